The first-order chi connectivity index (χ1) is 9.11. The van der Waals surface area contributed by atoms with Gasteiger partial charge in [-0.25, -0.2) is 9.78 Å². The molecule has 2 rings (SSSR count). The molecule has 0 bridgehead atoms. The number of aromatic amines is 1. The number of fused-ring (bicyclic) bond motifs is 1. The van der Waals surface area contributed by atoms with Crippen LogP contribution in [0.25, 0.3) is 10.9 Å². The number of hydrogen-bond donors (Lipinski definition) is 1. The summed E-state index contributed by atoms with van der Waals surface area (Å²) in [6.07, 6.45) is 2.29. The minimum atomic E-state index is -0.610. The molecule has 0 saturated carbocycles. The molecule has 1 heterocycles. The molecule has 5 heteroatoms. The highest BCUT2D eigenvalue weighted by Gasteiger charge is 2.13. The van der Waals surface area contributed by atoms with Crippen molar-refractivity contribution < 1.29 is 9.53 Å². The average Bonchev–Trinajstić information content (AvgIpc) is 2.39. The lowest BCUT2D eigenvalue weighted by Crippen LogP contribution is -2.16. The minimum Gasteiger partial charge on any atom is -0.451 e. The van der Waals surface area contributed by atoms with E-state index in [4.69, 9.17) is 4.74 Å². The van der Waals surface area contributed by atoms with Crippen LogP contribution in [0.1, 0.15) is 25.8 Å². The van der Waals surface area contributed by atoms with Gasteiger partial charge in [-0.15, -0.1) is 0 Å². The van der Waals surface area contributed by atoms with Crippen LogP contribution >= 0.6 is 0 Å². The van der Waals surface area contributed by atoms with Crippen LogP contribution in [0.4, 0.5) is 0 Å². The number of carbonyl (C=O) groups excluding carboxylic acids is 1. The van der Waals surface area contributed by atoms with Gasteiger partial charge in [0.25, 0.3) is 5.56 Å². The van der Waals surface area contributed by atoms with E-state index < -0.39 is 12.1 Å². The number of ether oxygens (including phenoxy) is 1. The van der Waals surface area contributed by atoms with E-state index in [2.05, 4.69) is 9.97 Å². The zero-order valence-electron chi connectivity index (χ0n) is 10.7. The Morgan fingerprint density at radius 2 is 2.16 bits per heavy atom. The van der Waals surface area contributed by atoms with Crippen LogP contribution in [0, 0.1) is 0 Å². The Kier molecular flexibility index (Phi) is 3.75. The summed E-state index contributed by atoms with van der Waals surface area (Å²) in [5.74, 6) is -0.132. The average molecular weight is 258 g/mol. The molecular formula is C14H14N2O3. The summed E-state index contributed by atoms with van der Waals surface area (Å²) < 4.78 is 5.12. The van der Waals surface area contributed by atoms with Crippen molar-refractivity contribution in [2.24, 2.45) is 0 Å². The number of aromatic nitrogens is 2. The number of para-hydroxylation sites is 1. The fourth-order valence-electron chi connectivity index (χ4n) is 1.70. The van der Waals surface area contributed by atoms with Gasteiger partial charge in [0, 0.05) is 6.08 Å². The molecule has 1 atom stereocenters. The zero-order valence-corrected chi connectivity index (χ0v) is 10.7. The van der Waals surface area contributed by atoms with Gasteiger partial charge in [0.2, 0.25) is 0 Å². The second-order valence-corrected chi connectivity index (χ2v) is 4.05. The summed E-state index contributed by atoms with van der Waals surface area (Å²) in [4.78, 5) is 30.1. The monoisotopic (exact) mass is 258 g/mol. The molecule has 0 amide bonds. The molecule has 1 aromatic heterocycles. The van der Waals surface area contributed by atoms with Crippen molar-refractivity contribution in [3.05, 3.63) is 52.6 Å². The van der Waals surface area contributed by atoms with Gasteiger partial charge in [0.05, 0.1) is 10.9 Å². The summed E-state index contributed by atoms with van der Waals surface area (Å²) in [6, 6.07) is 7.01. The topological polar surface area (TPSA) is 72.0 Å². The standard InChI is InChI=1S/C14H14N2O3/c1-3-6-12(17)19-9(2)13-15-11-8-5-4-7-10(11)14(18)16-13/h3-9H,1-2H3,(H,15,16,18). The molecular weight excluding hydrogens is 244 g/mol. The lowest BCUT2D eigenvalue weighted by atomic mass is 10.2. The number of esters is 1. The Morgan fingerprint density at radius 1 is 1.42 bits per heavy atom. The van der Waals surface area contributed by atoms with Crippen LogP contribution in [0.2, 0.25) is 0 Å². The maximum absolute atomic E-state index is 11.9. The van der Waals surface area contributed by atoms with Crippen LogP contribution in [-0.2, 0) is 9.53 Å². The Bertz CT molecular complexity index is 688. The molecule has 0 radical (unpaired) electrons. The number of rotatable bonds is 3. The van der Waals surface area contributed by atoms with Crippen LogP contribution < -0.4 is 5.56 Å². The quantitative estimate of drug-likeness (QED) is 0.676. The number of benzene rings is 1. The Hall–Kier alpha value is -2.43. The third-order valence-corrected chi connectivity index (χ3v) is 2.61. The SMILES string of the molecule is CC=CC(=O)OC(C)c1nc2ccccc2c(=O)[nH]1. The fourth-order valence-corrected chi connectivity index (χ4v) is 1.70. The van der Waals surface area contributed by atoms with Crippen molar-refractivity contribution in [3.8, 4) is 0 Å². The van der Waals surface area contributed by atoms with E-state index in [1.54, 1.807) is 44.2 Å². The molecule has 2 aromatic rings. The molecule has 1 aromatic carbocycles. The molecule has 1 unspecified atom stereocenters. The summed E-state index contributed by atoms with van der Waals surface area (Å²) in [5, 5.41) is 0.512. The second kappa shape index (κ2) is 5.48. The van der Waals surface area contributed by atoms with Gasteiger partial charge in [-0.05, 0) is 26.0 Å². The minimum absolute atomic E-state index is 0.241. The number of nitrogens with zero attached hydrogens (tertiary/aromatic N) is 1. The van der Waals surface area contributed by atoms with Gasteiger partial charge < -0.3 is 9.72 Å². The molecule has 1 N–H and O–H groups in total. The van der Waals surface area contributed by atoms with Gasteiger partial charge in [-0.1, -0.05) is 18.2 Å². The number of hydrogen-bond acceptors (Lipinski definition) is 4. The van der Waals surface area contributed by atoms with Crippen molar-refractivity contribution in [2.45, 2.75) is 20.0 Å². The maximum atomic E-state index is 11.9. The van der Waals surface area contributed by atoms with Crippen molar-refractivity contribution in [3.63, 3.8) is 0 Å². The smallest absolute Gasteiger partial charge is 0.331 e. The van der Waals surface area contributed by atoms with Crippen molar-refractivity contribution in [2.75, 3.05) is 0 Å². The second-order valence-electron chi connectivity index (χ2n) is 4.05. The van der Waals surface area contributed by atoms with Crippen LogP contribution in [0.15, 0.2) is 41.2 Å². The highest BCUT2D eigenvalue weighted by molar-refractivity contribution is 5.82. The summed E-state index contributed by atoms with van der Waals surface area (Å²) in [7, 11) is 0. The van der Waals surface area contributed by atoms with Crippen LogP contribution in [-0.4, -0.2) is 15.9 Å². The molecule has 0 aliphatic rings. The molecule has 5 nitrogen and oxygen atoms in total. The molecule has 0 saturated heterocycles. The lowest BCUT2D eigenvalue weighted by Gasteiger charge is -2.11. The first-order valence-electron chi connectivity index (χ1n) is 5.94. The van der Waals surface area contributed by atoms with Gasteiger partial charge in [-0.2, -0.15) is 0 Å². The summed E-state index contributed by atoms with van der Waals surface area (Å²) >= 11 is 0. The number of nitrogens with one attached hydrogen (secondary N) is 1. The van der Waals surface area contributed by atoms with Gasteiger partial charge >= 0.3 is 5.97 Å². The highest BCUT2D eigenvalue weighted by Crippen LogP contribution is 2.14. The predicted octanol–water partition coefficient (Wildman–Crippen LogP) is 2.10. The molecule has 0 fully saturated rings. The lowest BCUT2D eigenvalue weighted by molar-refractivity contribution is -0.142. The molecule has 98 valence electrons. The van der Waals surface area contributed by atoms with Crippen LogP contribution in [0.5, 0.6) is 0 Å². The van der Waals surface area contributed by atoms with E-state index in [0.717, 1.165) is 0 Å². The Balaban J connectivity index is 2.35. The largest absolute Gasteiger partial charge is 0.451 e. The summed E-state index contributed by atoms with van der Waals surface area (Å²) in [6.45, 7) is 3.39. The number of allylic oxidation sites excluding steroid dienone is 1. The van der Waals surface area contributed by atoms with E-state index >= 15 is 0 Å². The Labute approximate surface area is 109 Å². The van der Waals surface area contributed by atoms with E-state index in [1.807, 2.05) is 0 Å². The van der Waals surface area contributed by atoms with E-state index in [0.29, 0.717) is 16.7 Å². The third kappa shape index (κ3) is 2.88. The molecule has 19 heavy (non-hydrogen) atoms. The van der Waals surface area contributed by atoms with E-state index in [9.17, 15) is 9.59 Å². The van der Waals surface area contributed by atoms with Crippen molar-refractivity contribution in [1.82, 2.24) is 9.97 Å². The van der Waals surface area contributed by atoms with Crippen molar-refractivity contribution in [1.29, 1.82) is 0 Å². The Morgan fingerprint density at radius 3 is 2.89 bits per heavy atom. The molecule has 0 aliphatic carbocycles. The van der Waals surface area contributed by atoms with Gasteiger partial charge in [-0.3, -0.25) is 4.79 Å². The van der Waals surface area contributed by atoms with Crippen molar-refractivity contribution >= 4 is 16.9 Å². The zero-order chi connectivity index (χ0) is 13.8. The number of H-pyrrole nitrogens is 1. The summed E-state index contributed by atoms with van der Waals surface area (Å²) in [5.41, 5.74) is 0.338. The first kappa shape index (κ1) is 13.0. The third-order valence-electron chi connectivity index (χ3n) is 2.61. The van der Waals surface area contributed by atoms with Crippen LogP contribution in [0.3, 0.4) is 0 Å². The normalized spacial score (nSPS) is 12.7. The van der Waals surface area contributed by atoms with E-state index in [-0.39, 0.29) is 5.56 Å². The predicted molar refractivity (Wildman–Crippen MR) is 71.7 cm³/mol. The maximum Gasteiger partial charge on any atom is 0.331 e. The molecule has 0 aliphatic heterocycles. The van der Waals surface area contributed by atoms with Gasteiger partial charge in [0.15, 0.2) is 11.9 Å². The highest BCUT2D eigenvalue weighted by atomic mass is 16.5. The van der Waals surface area contributed by atoms with E-state index in [1.165, 1.54) is 6.08 Å². The van der Waals surface area contributed by atoms with Gasteiger partial charge in [0.1, 0.15) is 0 Å². The first-order valence-corrected chi connectivity index (χ1v) is 5.94. The number of carbonyl (C=O) groups is 1. The molecule has 0 spiro atoms. The fraction of sp³-hybridized carbons (Fsp3) is 0.214.